The molecule has 0 aromatic heterocycles. The van der Waals surface area contributed by atoms with Crippen LogP contribution in [0.4, 0.5) is 0 Å². The zero-order chi connectivity index (χ0) is 19.5. The molecule has 1 aromatic carbocycles. The number of halogens is 1. The van der Waals surface area contributed by atoms with Crippen molar-refractivity contribution < 1.29 is 29.3 Å². The summed E-state index contributed by atoms with van der Waals surface area (Å²) in [6.45, 7) is 0.867. The molecule has 0 radical (unpaired) electrons. The molecule has 1 aliphatic carbocycles. The molecular weight excluding hydrogens is 406 g/mol. The van der Waals surface area contributed by atoms with Crippen molar-refractivity contribution in [2.24, 2.45) is 0 Å². The van der Waals surface area contributed by atoms with Gasteiger partial charge >= 0.3 is 11.9 Å². The first-order valence-electron chi connectivity index (χ1n) is 8.49. The van der Waals surface area contributed by atoms with E-state index in [1.807, 2.05) is 12.1 Å². The Labute approximate surface area is 161 Å². The van der Waals surface area contributed by atoms with Crippen LogP contribution >= 0.6 is 15.9 Å². The average Bonchev–Trinajstić information content (AvgIpc) is 2.89. The second-order valence-electron chi connectivity index (χ2n) is 5.98. The molecule has 8 heteroatoms. The van der Waals surface area contributed by atoms with Crippen LogP contribution in [0.5, 0.6) is 11.5 Å². The maximum Gasteiger partial charge on any atom is 0.414 e. The molecule has 0 spiro atoms. The van der Waals surface area contributed by atoms with Gasteiger partial charge in [0.2, 0.25) is 0 Å². The van der Waals surface area contributed by atoms with Gasteiger partial charge in [0.1, 0.15) is 0 Å². The van der Waals surface area contributed by atoms with Crippen molar-refractivity contribution in [1.29, 1.82) is 0 Å². The highest BCUT2D eigenvalue weighted by Gasteiger charge is 2.14. The van der Waals surface area contributed by atoms with E-state index < -0.39 is 11.9 Å². The largest absolute Gasteiger partial charge is 0.493 e. The van der Waals surface area contributed by atoms with Gasteiger partial charge in [0.05, 0.1) is 14.2 Å². The summed E-state index contributed by atoms with van der Waals surface area (Å²) in [4.78, 5) is 18.2. The van der Waals surface area contributed by atoms with Crippen LogP contribution in [0.15, 0.2) is 16.6 Å². The van der Waals surface area contributed by atoms with Crippen molar-refractivity contribution in [3.05, 3.63) is 22.2 Å². The van der Waals surface area contributed by atoms with E-state index >= 15 is 0 Å². The lowest BCUT2D eigenvalue weighted by atomic mass is 10.1. The summed E-state index contributed by atoms with van der Waals surface area (Å²) in [7, 11) is 3.34. The minimum Gasteiger partial charge on any atom is -0.493 e. The fourth-order valence-corrected chi connectivity index (χ4v) is 3.23. The number of carboxylic acids is 2. The van der Waals surface area contributed by atoms with E-state index in [4.69, 9.17) is 29.3 Å². The monoisotopic (exact) mass is 431 g/mol. The Morgan fingerprint density at radius 1 is 1.04 bits per heavy atom. The Bertz CT molecular complexity index is 588. The molecule has 0 unspecified atom stereocenters. The molecular formula is C18H26BrNO6. The summed E-state index contributed by atoms with van der Waals surface area (Å²) < 4.78 is 11.7. The molecule has 0 atom stereocenters. The van der Waals surface area contributed by atoms with Gasteiger partial charge in [-0.1, -0.05) is 41.6 Å². The van der Waals surface area contributed by atoms with E-state index in [1.54, 1.807) is 14.2 Å². The van der Waals surface area contributed by atoms with Gasteiger partial charge in [-0.2, -0.15) is 0 Å². The first-order chi connectivity index (χ1) is 12.4. The topological polar surface area (TPSA) is 105 Å². The summed E-state index contributed by atoms with van der Waals surface area (Å²) >= 11 is 3.62. The number of carbonyl (C=O) groups is 2. The Hall–Kier alpha value is -1.80. The van der Waals surface area contributed by atoms with Crippen LogP contribution < -0.4 is 14.8 Å². The molecule has 0 bridgehead atoms. The van der Waals surface area contributed by atoms with Crippen LogP contribution in [-0.4, -0.2) is 42.4 Å². The van der Waals surface area contributed by atoms with Crippen LogP contribution in [0.3, 0.4) is 0 Å². The molecule has 0 heterocycles. The van der Waals surface area contributed by atoms with Gasteiger partial charge in [-0.25, -0.2) is 9.59 Å². The van der Waals surface area contributed by atoms with Crippen LogP contribution in [0, 0.1) is 0 Å². The van der Waals surface area contributed by atoms with Gasteiger partial charge in [0, 0.05) is 17.1 Å². The molecule has 0 aliphatic heterocycles. The lowest BCUT2D eigenvalue weighted by Crippen LogP contribution is -2.28. The highest BCUT2D eigenvalue weighted by atomic mass is 79.9. The van der Waals surface area contributed by atoms with E-state index in [1.165, 1.54) is 44.1 Å². The molecule has 1 aromatic rings. The predicted molar refractivity (Wildman–Crippen MR) is 101 cm³/mol. The number of hydrogen-bond acceptors (Lipinski definition) is 5. The number of ether oxygens (including phenoxy) is 2. The molecule has 1 aliphatic rings. The first kappa shape index (κ1) is 22.2. The predicted octanol–water partition coefficient (Wildman–Crippen LogP) is 3.43. The number of rotatable bonds is 5. The molecule has 146 valence electrons. The van der Waals surface area contributed by atoms with Gasteiger partial charge in [-0.05, 0) is 30.5 Å². The SMILES string of the molecule is COc1cc(Br)c(CNC2CCCCCC2)cc1OC.O=C(O)C(=O)O. The molecule has 3 N–H and O–H groups in total. The quantitative estimate of drug-likeness (QED) is 0.484. The van der Waals surface area contributed by atoms with Crippen LogP contribution in [-0.2, 0) is 16.1 Å². The highest BCUT2D eigenvalue weighted by molar-refractivity contribution is 9.10. The maximum atomic E-state index is 9.10. The van der Waals surface area contributed by atoms with Crippen LogP contribution in [0.25, 0.3) is 0 Å². The fourth-order valence-electron chi connectivity index (χ4n) is 2.77. The van der Waals surface area contributed by atoms with E-state index in [9.17, 15) is 0 Å². The second-order valence-corrected chi connectivity index (χ2v) is 6.83. The van der Waals surface area contributed by atoms with Gasteiger partial charge in [-0.3, -0.25) is 0 Å². The van der Waals surface area contributed by atoms with Crippen molar-refractivity contribution in [1.82, 2.24) is 5.32 Å². The van der Waals surface area contributed by atoms with E-state index in [-0.39, 0.29) is 0 Å². The molecule has 26 heavy (non-hydrogen) atoms. The zero-order valence-corrected chi connectivity index (χ0v) is 16.7. The van der Waals surface area contributed by atoms with Gasteiger partial charge < -0.3 is 25.0 Å². The lowest BCUT2D eigenvalue weighted by Gasteiger charge is -2.18. The minimum atomic E-state index is -1.82. The first-order valence-corrected chi connectivity index (χ1v) is 9.28. The third-order valence-electron chi connectivity index (χ3n) is 4.17. The fraction of sp³-hybridized carbons (Fsp3) is 0.556. The van der Waals surface area contributed by atoms with E-state index in [2.05, 4.69) is 21.2 Å². The molecule has 1 saturated carbocycles. The third kappa shape index (κ3) is 7.61. The summed E-state index contributed by atoms with van der Waals surface area (Å²) in [5.74, 6) is -2.10. The molecule has 0 saturated heterocycles. The number of methoxy groups -OCH3 is 2. The Morgan fingerprint density at radius 2 is 1.54 bits per heavy atom. The van der Waals surface area contributed by atoms with Crippen molar-refractivity contribution in [3.8, 4) is 11.5 Å². The maximum absolute atomic E-state index is 9.10. The van der Waals surface area contributed by atoms with Crippen LogP contribution in [0.1, 0.15) is 44.1 Å². The normalized spacial score (nSPS) is 14.6. The summed E-state index contributed by atoms with van der Waals surface area (Å²) in [6.07, 6.45) is 8.07. The van der Waals surface area contributed by atoms with Gasteiger partial charge in [-0.15, -0.1) is 0 Å². The van der Waals surface area contributed by atoms with Crippen molar-refractivity contribution >= 4 is 27.9 Å². The Kier molecular flexibility index (Phi) is 10.0. The summed E-state index contributed by atoms with van der Waals surface area (Å²) in [5, 5.41) is 18.5. The van der Waals surface area contributed by atoms with E-state index in [0.29, 0.717) is 6.04 Å². The summed E-state index contributed by atoms with van der Waals surface area (Å²) in [6, 6.07) is 4.67. The molecule has 1 fully saturated rings. The average molecular weight is 432 g/mol. The molecule has 0 amide bonds. The van der Waals surface area contributed by atoms with Crippen molar-refractivity contribution in [2.75, 3.05) is 14.2 Å². The number of carboxylic acid groups (broad SMARTS) is 2. The minimum absolute atomic E-state index is 0.650. The van der Waals surface area contributed by atoms with E-state index in [0.717, 1.165) is 22.5 Å². The standard InChI is InChI=1S/C16H24BrNO2.C2H2O4/c1-19-15-9-12(14(17)10-16(15)20-2)11-18-13-7-5-3-4-6-8-13;3-1(4)2(5)6/h9-10,13,18H,3-8,11H2,1-2H3;(H,3,4)(H,5,6). The molecule has 7 nitrogen and oxygen atoms in total. The van der Waals surface area contributed by atoms with Gasteiger partial charge in [0.25, 0.3) is 0 Å². The zero-order valence-electron chi connectivity index (χ0n) is 15.1. The van der Waals surface area contributed by atoms with Crippen molar-refractivity contribution in [2.45, 2.75) is 51.1 Å². The number of nitrogens with one attached hydrogen (secondary N) is 1. The Balaban J connectivity index is 0.000000487. The molecule has 2 rings (SSSR count). The number of hydrogen-bond donors (Lipinski definition) is 3. The number of aliphatic carboxylic acids is 2. The lowest BCUT2D eigenvalue weighted by molar-refractivity contribution is -0.159. The third-order valence-corrected chi connectivity index (χ3v) is 4.91. The van der Waals surface area contributed by atoms with Gasteiger partial charge in [0.15, 0.2) is 11.5 Å². The Morgan fingerprint density at radius 3 is 2.00 bits per heavy atom. The highest BCUT2D eigenvalue weighted by Crippen LogP contribution is 2.33. The van der Waals surface area contributed by atoms with Crippen LogP contribution in [0.2, 0.25) is 0 Å². The second kappa shape index (κ2) is 11.7. The summed E-state index contributed by atoms with van der Waals surface area (Å²) in [5.41, 5.74) is 1.21. The smallest absolute Gasteiger partial charge is 0.414 e. The van der Waals surface area contributed by atoms with Crippen molar-refractivity contribution in [3.63, 3.8) is 0 Å². The number of benzene rings is 1.